The number of rotatable bonds is 12. The summed E-state index contributed by atoms with van der Waals surface area (Å²) >= 11 is 0. The molecule has 164 valence electrons. The summed E-state index contributed by atoms with van der Waals surface area (Å²) in [6, 6.07) is 0. The first kappa shape index (κ1) is 38.6. The molecule has 27 heavy (non-hydrogen) atoms. The molecule has 0 aromatic carbocycles. The highest BCUT2D eigenvalue weighted by atomic mass is 33.5. The van der Waals surface area contributed by atoms with E-state index < -0.39 is 0 Å². The Bertz CT molecular complexity index is 329. The lowest BCUT2D eigenvalue weighted by Crippen LogP contribution is -1.62. The van der Waals surface area contributed by atoms with Gasteiger partial charge in [0.25, 0.3) is 0 Å². The molecule has 0 N–H and O–H groups in total. The second-order valence-corrected chi connectivity index (χ2v) is 111. The van der Waals surface area contributed by atoms with Crippen LogP contribution in [0.25, 0.3) is 0 Å². The molecule has 17 atom stereocenters. The molecule has 0 fully saturated rings. The molecule has 0 aliphatic rings. The van der Waals surface area contributed by atoms with E-state index in [4.69, 9.17) is 0 Å². The summed E-state index contributed by atoms with van der Waals surface area (Å²) in [6.45, 7) is 0.359. The van der Waals surface area contributed by atoms with Crippen molar-refractivity contribution in [3.05, 3.63) is 0 Å². The van der Waals surface area contributed by atoms with E-state index in [9.17, 15) is 0 Å². The Kier molecular flexibility index (Phi) is 30.5. The molecule has 0 radical (unpaired) electrons. The summed E-state index contributed by atoms with van der Waals surface area (Å²) in [5.41, 5.74) is 0. The first-order chi connectivity index (χ1) is 12.3. The Morgan fingerprint density at radius 2 is 0.556 bits per heavy atom. The van der Waals surface area contributed by atoms with Crippen molar-refractivity contribution < 1.29 is 0 Å². The highest BCUT2D eigenvalue weighted by molar-refractivity contribution is 9.42. The summed E-state index contributed by atoms with van der Waals surface area (Å²) in [4.78, 5) is 0. The van der Waals surface area contributed by atoms with Crippen LogP contribution in [0.1, 0.15) is 0 Å². The second kappa shape index (κ2) is 21.3. The lowest BCUT2D eigenvalue weighted by Gasteiger charge is -2.50. The van der Waals surface area contributed by atoms with Crippen LogP contribution < -0.4 is 0 Å². The predicted molar refractivity (Wildman–Crippen MR) is 227 cm³/mol. The Balaban J connectivity index is 6.66. The molecule has 0 spiro atoms. The van der Waals surface area contributed by atoms with Gasteiger partial charge in [0.2, 0.25) is 0 Å². The maximum atomic E-state index is 3.39. The Morgan fingerprint density at radius 1 is 0.333 bits per heavy atom. The smallest absolute Gasteiger partial charge is 0.000404 e. The second-order valence-electron chi connectivity index (χ2n) is 4.10. The third-order valence-electron chi connectivity index (χ3n) is 2.20. The topological polar surface area (TPSA) is 0 Å². The van der Waals surface area contributed by atoms with Crippen molar-refractivity contribution in [3.8, 4) is 0 Å². The maximum Gasteiger partial charge on any atom is -0.000404 e. The van der Waals surface area contributed by atoms with Gasteiger partial charge in [0, 0.05) is 0 Å². The molecule has 0 aromatic rings. The predicted octanol–water partition coefficient (Wildman–Crippen LogP) is 15.5. The van der Waals surface area contributed by atoms with Crippen molar-refractivity contribution in [2.24, 2.45) is 0 Å². The van der Waals surface area contributed by atoms with Gasteiger partial charge in [-0.15, -0.1) is 125 Å². The zero-order valence-electron chi connectivity index (χ0n) is 13.9. The monoisotopic (exact) mass is 866 g/mol. The molecule has 0 bridgehead atoms. The van der Waals surface area contributed by atoms with Crippen LogP contribution in [0.2, 0.25) is 0 Å². The third-order valence-corrected chi connectivity index (χ3v) is 179. The van der Waals surface area contributed by atoms with Gasteiger partial charge in [-0.1, -0.05) is 7.96 Å². The average molecular weight is 866 g/mol. The third kappa shape index (κ3) is 14.4. The number of hydrogen-bond acceptors (Lipinski definition) is 0. The van der Waals surface area contributed by atoms with Gasteiger partial charge in [-0.2, -0.15) is 0 Å². The summed E-state index contributed by atoms with van der Waals surface area (Å²) in [7, 11) is 46.6. The molecule has 0 rings (SSSR count). The zero-order valence-corrected chi connectivity index (χ0v) is 41.8. The Hall–Kier alpha value is 11.6. The average Bonchev–Trinajstić information content (AvgIpc) is 2.48. The summed E-state index contributed by atoms with van der Waals surface area (Å²) in [6.07, 6.45) is 0. The van der Waals surface area contributed by atoms with E-state index >= 15 is 0 Å². The molecule has 0 amide bonds. The van der Waals surface area contributed by atoms with E-state index in [0.29, 0.717) is 0 Å². The van der Waals surface area contributed by atoms with Gasteiger partial charge < -0.3 is 0 Å². The van der Waals surface area contributed by atoms with Crippen molar-refractivity contribution in [1.29, 1.82) is 0 Å². The fourth-order valence-corrected chi connectivity index (χ4v) is 346. The van der Waals surface area contributed by atoms with E-state index in [0.717, 1.165) is 7.96 Å². The van der Waals surface area contributed by atoms with Gasteiger partial charge in [-0.25, -0.2) is 0 Å². The van der Waals surface area contributed by atoms with Gasteiger partial charge in [0.05, 0.1) is 0 Å². The minimum atomic E-state index is -0.0251. The number of hydrogen-bond donors (Lipinski definition) is 0. The molecule has 0 saturated heterocycles. The molecule has 0 heterocycles. The van der Waals surface area contributed by atoms with Crippen LogP contribution in [0.4, 0.5) is 0 Å². The first-order valence-corrected chi connectivity index (χ1v) is 54.6. The molecule has 0 nitrogen and oxygen atoms in total. The highest BCUT2D eigenvalue weighted by Gasteiger charge is 2.48. The highest BCUT2D eigenvalue weighted by Crippen LogP contribution is 3.36. The van der Waals surface area contributed by atoms with Gasteiger partial charge in [-0.05, 0) is 83.8 Å². The fourth-order valence-electron chi connectivity index (χ4n) is 1.42. The largest absolute Gasteiger partial charge is 0.109 e. The molecular formula is H29P27. The van der Waals surface area contributed by atoms with Crippen molar-refractivity contribution in [2.75, 3.05) is 0 Å². The molecule has 0 saturated carbocycles. The Morgan fingerprint density at radius 3 is 0.741 bits per heavy atom. The van der Waals surface area contributed by atoms with Crippen LogP contribution in [0.3, 0.4) is 0 Å². The molecular weight excluding hydrogens is 836 g/mol. The van der Waals surface area contributed by atoms with Gasteiger partial charge >= 0.3 is 0 Å². The Labute approximate surface area is 214 Å². The SMILES string of the molecule is PPP(P)P(P(P(P)P)P(P)P)P(P(P(P)P)P(P)P)P(P(P)P)P(P)P. The minimum Gasteiger partial charge on any atom is -0.109 e. The van der Waals surface area contributed by atoms with E-state index in [1.165, 1.54) is 0 Å². The molecule has 17 unspecified atom stereocenters. The van der Waals surface area contributed by atoms with Crippen LogP contribution in [0.5, 0.6) is 0 Å². The van der Waals surface area contributed by atoms with Gasteiger partial charge in [0.15, 0.2) is 0 Å². The van der Waals surface area contributed by atoms with E-state index in [1.807, 2.05) is 0 Å². The fraction of sp³-hybridized carbons (Fsp3) is 0. The van der Waals surface area contributed by atoms with Crippen LogP contribution in [0, 0.1) is 0 Å². The lowest BCUT2D eigenvalue weighted by molar-refractivity contribution is 4.44. The maximum absolute atomic E-state index is 3.39. The molecule has 27 heteroatoms. The van der Waals surface area contributed by atoms with Crippen LogP contribution >= 0.6 is 217 Å². The quantitative estimate of drug-likeness (QED) is 0.172. The van der Waals surface area contributed by atoms with Crippen LogP contribution in [-0.4, -0.2) is 0 Å². The molecule has 0 aliphatic heterocycles. The minimum absolute atomic E-state index is 0.0165. The van der Waals surface area contributed by atoms with E-state index in [1.54, 1.807) is 0 Å². The van der Waals surface area contributed by atoms with Crippen molar-refractivity contribution in [2.45, 2.75) is 0 Å². The molecule has 0 aromatic heterocycles. The van der Waals surface area contributed by atoms with Gasteiger partial charge in [0.1, 0.15) is 0 Å². The standard InChI is InChI=1S/H29P27/c1-15-22(14)26(23(16(2)3)17(4)5)27(24(18(6)7)19(8)9)25(20(10)11)21(12)13/h15H,1-14H2. The molecule has 0 aliphatic carbocycles. The van der Waals surface area contributed by atoms with Gasteiger partial charge in [-0.3, -0.25) is 0 Å². The van der Waals surface area contributed by atoms with Crippen molar-refractivity contribution >= 4 is 217 Å². The zero-order chi connectivity index (χ0) is 21.6. The van der Waals surface area contributed by atoms with Crippen molar-refractivity contribution in [3.63, 3.8) is 0 Å². The van der Waals surface area contributed by atoms with Crippen LogP contribution in [0.15, 0.2) is 0 Å². The van der Waals surface area contributed by atoms with Crippen LogP contribution in [-0.2, 0) is 0 Å². The van der Waals surface area contributed by atoms with E-state index in [2.05, 4.69) is 125 Å². The first-order valence-electron chi connectivity index (χ1n) is 6.07. The van der Waals surface area contributed by atoms with Crippen molar-refractivity contribution in [1.82, 2.24) is 0 Å². The lowest BCUT2D eigenvalue weighted by atomic mass is 28.5. The van der Waals surface area contributed by atoms with E-state index in [-0.39, 0.29) is 83.8 Å². The summed E-state index contributed by atoms with van der Waals surface area (Å²) in [5.74, 6) is 0. The normalized spacial score (nSPS) is 16.4. The summed E-state index contributed by atoms with van der Waals surface area (Å²) < 4.78 is 0. The summed E-state index contributed by atoms with van der Waals surface area (Å²) in [5, 5.41) is 0.